The first kappa shape index (κ1) is 10.4. The highest BCUT2D eigenvalue weighted by Crippen LogP contribution is 2.25. The lowest BCUT2D eigenvalue weighted by molar-refractivity contribution is -0.0810. The third-order valence-electron chi connectivity index (χ3n) is 3.45. The van der Waals surface area contributed by atoms with Gasteiger partial charge in [0.1, 0.15) is 0 Å². The summed E-state index contributed by atoms with van der Waals surface area (Å²) in [5.74, 6) is 0. The monoisotopic (exact) mass is 198 g/mol. The molecular weight excluding hydrogens is 176 g/mol. The highest BCUT2D eigenvalue weighted by Gasteiger charge is 2.33. The largest absolute Gasteiger partial charge is 0.373 e. The van der Waals surface area contributed by atoms with Crippen molar-refractivity contribution in [2.45, 2.75) is 57.4 Å². The lowest BCUT2D eigenvalue weighted by atomic mass is 10.1. The fourth-order valence-corrected chi connectivity index (χ4v) is 2.91. The fraction of sp³-hybridized carbons (Fsp3) is 1.00. The minimum atomic E-state index is 0.367. The summed E-state index contributed by atoms with van der Waals surface area (Å²) in [5.41, 5.74) is 6.12. The highest BCUT2D eigenvalue weighted by atomic mass is 16.5. The second-order valence-corrected chi connectivity index (χ2v) is 4.87. The quantitative estimate of drug-likeness (QED) is 0.682. The van der Waals surface area contributed by atoms with Crippen LogP contribution in [0.2, 0.25) is 0 Å². The van der Waals surface area contributed by atoms with Gasteiger partial charge in [0.15, 0.2) is 0 Å². The molecule has 2 N–H and O–H groups in total. The van der Waals surface area contributed by atoms with E-state index in [1.54, 1.807) is 0 Å². The number of ether oxygens (including phenoxy) is 1. The van der Waals surface area contributed by atoms with Crippen molar-refractivity contribution in [3.05, 3.63) is 0 Å². The Morgan fingerprint density at radius 3 is 2.29 bits per heavy atom. The molecule has 1 saturated carbocycles. The van der Waals surface area contributed by atoms with Crippen molar-refractivity contribution >= 4 is 0 Å². The molecule has 0 amide bonds. The van der Waals surface area contributed by atoms with Crippen molar-refractivity contribution in [2.24, 2.45) is 5.73 Å². The average molecular weight is 198 g/mol. The van der Waals surface area contributed by atoms with Crippen LogP contribution in [-0.2, 0) is 4.74 Å². The Balaban J connectivity index is 1.95. The summed E-state index contributed by atoms with van der Waals surface area (Å²) < 4.78 is 5.73. The van der Waals surface area contributed by atoms with Crippen molar-refractivity contribution < 1.29 is 4.74 Å². The Labute approximate surface area is 86.6 Å². The van der Waals surface area contributed by atoms with Crippen LogP contribution in [0.3, 0.4) is 0 Å². The lowest BCUT2D eigenvalue weighted by Crippen LogP contribution is -2.53. The van der Waals surface area contributed by atoms with E-state index in [1.165, 1.54) is 19.3 Å². The first-order valence-electron chi connectivity index (χ1n) is 5.82. The first-order chi connectivity index (χ1) is 6.66. The molecule has 0 aromatic heterocycles. The number of nitrogens with two attached hydrogens (primary N) is 1. The van der Waals surface area contributed by atoms with Crippen LogP contribution in [0.25, 0.3) is 0 Å². The summed E-state index contributed by atoms with van der Waals surface area (Å²) in [6.45, 7) is 6.43. The van der Waals surface area contributed by atoms with Crippen LogP contribution >= 0.6 is 0 Å². The van der Waals surface area contributed by atoms with Gasteiger partial charge in [0.25, 0.3) is 0 Å². The van der Waals surface area contributed by atoms with E-state index in [0.29, 0.717) is 24.3 Å². The van der Waals surface area contributed by atoms with Gasteiger partial charge in [-0.05, 0) is 26.7 Å². The Bertz CT molecular complexity index is 188. The molecule has 0 aromatic rings. The van der Waals surface area contributed by atoms with E-state index < -0.39 is 0 Å². The zero-order chi connectivity index (χ0) is 10.1. The molecule has 1 heterocycles. The van der Waals surface area contributed by atoms with Crippen molar-refractivity contribution in [2.75, 3.05) is 13.1 Å². The van der Waals surface area contributed by atoms with E-state index in [0.717, 1.165) is 13.1 Å². The molecule has 3 heteroatoms. The van der Waals surface area contributed by atoms with Crippen LogP contribution in [0.15, 0.2) is 0 Å². The molecule has 1 aliphatic carbocycles. The molecule has 0 spiro atoms. The van der Waals surface area contributed by atoms with E-state index in [1.807, 2.05) is 0 Å². The Kier molecular flexibility index (Phi) is 3.10. The maximum atomic E-state index is 6.12. The third kappa shape index (κ3) is 2.10. The Hall–Kier alpha value is -0.120. The Morgan fingerprint density at radius 2 is 1.79 bits per heavy atom. The topological polar surface area (TPSA) is 38.5 Å². The average Bonchev–Trinajstić information content (AvgIpc) is 2.49. The number of hydrogen-bond acceptors (Lipinski definition) is 3. The zero-order valence-electron chi connectivity index (χ0n) is 9.28. The van der Waals surface area contributed by atoms with Crippen molar-refractivity contribution in [3.8, 4) is 0 Å². The van der Waals surface area contributed by atoms with Gasteiger partial charge in [0.05, 0.1) is 12.2 Å². The second-order valence-electron chi connectivity index (χ2n) is 4.87. The second kappa shape index (κ2) is 4.17. The molecule has 0 aromatic carbocycles. The van der Waals surface area contributed by atoms with Gasteiger partial charge in [-0.2, -0.15) is 0 Å². The summed E-state index contributed by atoms with van der Waals surface area (Å²) in [6, 6.07) is 1.01. The minimum absolute atomic E-state index is 0.367. The maximum absolute atomic E-state index is 6.12. The molecule has 3 nitrogen and oxygen atoms in total. The van der Waals surface area contributed by atoms with Gasteiger partial charge in [-0.15, -0.1) is 0 Å². The molecule has 2 aliphatic rings. The molecule has 2 rings (SSSR count). The van der Waals surface area contributed by atoms with Crippen LogP contribution in [-0.4, -0.2) is 42.3 Å². The number of hydrogen-bond donors (Lipinski definition) is 1. The molecule has 2 fully saturated rings. The molecule has 82 valence electrons. The van der Waals surface area contributed by atoms with Gasteiger partial charge in [-0.1, -0.05) is 6.42 Å². The Morgan fingerprint density at radius 1 is 1.14 bits per heavy atom. The van der Waals surface area contributed by atoms with Gasteiger partial charge >= 0.3 is 0 Å². The van der Waals surface area contributed by atoms with Crippen LogP contribution < -0.4 is 5.73 Å². The predicted molar refractivity (Wildman–Crippen MR) is 57.2 cm³/mol. The molecule has 0 bridgehead atoms. The smallest absolute Gasteiger partial charge is 0.0678 e. The normalized spacial score (nSPS) is 45.6. The highest BCUT2D eigenvalue weighted by molar-refractivity contribution is 4.90. The van der Waals surface area contributed by atoms with Crippen molar-refractivity contribution in [1.29, 1.82) is 0 Å². The fourth-order valence-electron chi connectivity index (χ4n) is 2.91. The number of morpholine rings is 1. The summed E-state index contributed by atoms with van der Waals surface area (Å²) >= 11 is 0. The standard InChI is InChI=1S/C11H22N2O/c1-8-6-13(7-9(2)14-8)11-5-3-4-10(11)12/h8-11H,3-7,12H2,1-2H3. The molecule has 0 radical (unpaired) electrons. The van der Waals surface area contributed by atoms with Crippen LogP contribution in [0.1, 0.15) is 33.1 Å². The van der Waals surface area contributed by atoms with Gasteiger partial charge < -0.3 is 10.5 Å². The molecule has 1 saturated heterocycles. The van der Waals surface area contributed by atoms with Crippen LogP contribution in [0.5, 0.6) is 0 Å². The zero-order valence-corrected chi connectivity index (χ0v) is 9.28. The molecule has 4 atom stereocenters. The van der Waals surface area contributed by atoms with E-state index in [2.05, 4.69) is 18.7 Å². The molecular formula is C11H22N2O. The first-order valence-corrected chi connectivity index (χ1v) is 5.82. The van der Waals surface area contributed by atoms with Crippen LogP contribution in [0, 0.1) is 0 Å². The molecule has 1 aliphatic heterocycles. The predicted octanol–water partition coefficient (Wildman–Crippen LogP) is 0.975. The van der Waals surface area contributed by atoms with Gasteiger partial charge in [0, 0.05) is 25.2 Å². The summed E-state index contributed by atoms with van der Waals surface area (Å²) in [4.78, 5) is 2.54. The van der Waals surface area contributed by atoms with E-state index in [-0.39, 0.29) is 0 Å². The van der Waals surface area contributed by atoms with Crippen LogP contribution in [0.4, 0.5) is 0 Å². The molecule has 4 unspecified atom stereocenters. The minimum Gasteiger partial charge on any atom is -0.373 e. The van der Waals surface area contributed by atoms with Crippen molar-refractivity contribution in [3.63, 3.8) is 0 Å². The number of nitrogens with zero attached hydrogens (tertiary/aromatic N) is 1. The third-order valence-corrected chi connectivity index (χ3v) is 3.45. The van der Waals surface area contributed by atoms with E-state index in [9.17, 15) is 0 Å². The van der Waals surface area contributed by atoms with E-state index >= 15 is 0 Å². The maximum Gasteiger partial charge on any atom is 0.0678 e. The summed E-state index contributed by atoms with van der Waals surface area (Å²) in [7, 11) is 0. The van der Waals surface area contributed by atoms with E-state index in [4.69, 9.17) is 10.5 Å². The van der Waals surface area contributed by atoms with Gasteiger partial charge in [-0.3, -0.25) is 4.90 Å². The SMILES string of the molecule is CC1CN(C2CCCC2N)CC(C)O1. The number of rotatable bonds is 1. The summed E-state index contributed by atoms with van der Waals surface area (Å²) in [5, 5.41) is 0. The summed E-state index contributed by atoms with van der Waals surface area (Å²) in [6.07, 6.45) is 4.51. The molecule has 14 heavy (non-hydrogen) atoms. The van der Waals surface area contributed by atoms with Gasteiger partial charge in [-0.25, -0.2) is 0 Å². The lowest BCUT2D eigenvalue weighted by Gasteiger charge is -2.40. The van der Waals surface area contributed by atoms with Gasteiger partial charge in [0.2, 0.25) is 0 Å². The van der Waals surface area contributed by atoms with Crippen molar-refractivity contribution in [1.82, 2.24) is 4.90 Å².